The highest BCUT2D eigenvalue weighted by molar-refractivity contribution is 5.80. The lowest BCUT2D eigenvalue weighted by Crippen LogP contribution is -2.29. The Hall–Kier alpha value is -2.75. The standard InChI is InChI=1S/C14H16N2O5/c1-4-6-11(14(17)18)15-10-7-5-8-12(21-9(2)3)13(10)16(19)20/h1,5,7-9,11,15H,6H2,2-3H3,(H,17,18). The van der Waals surface area contributed by atoms with E-state index in [0.717, 1.165) is 0 Å². The summed E-state index contributed by atoms with van der Waals surface area (Å²) in [4.78, 5) is 21.7. The van der Waals surface area contributed by atoms with Crippen LogP contribution in [0.1, 0.15) is 20.3 Å². The topological polar surface area (TPSA) is 102 Å². The summed E-state index contributed by atoms with van der Waals surface area (Å²) in [5.41, 5.74) is -0.254. The van der Waals surface area contributed by atoms with Gasteiger partial charge < -0.3 is 15.2 Å². The second kappa shape index (κ2) is 7.14. The Kier molecular flexibility index (Phi) is 5.55. The normalized spacial score (nSPS) is 11.5. The molecule has 0 radical (unpaired) electrons. The van der Waals surface area contributed by atoms with Crippen LogP contribution in [0.15, 0.2) is 18.2 Å². The van der Waals surface area contributed by atoms with E-state index in [0.29, 0.717) is 0 Å². The van der Waals surface area contributed by atoms with Gasteiger partial charge in [0.2, 0.25) is 0 Å². The van der Waals surface area contributed by atoms with Crippen molar-refractivity contribution in [1.29, 1.82) is 0 Å². The molecule has 112 valence electrons. The third kappa shape index (κ3) is 4.38. The zero-order chi connectivity index (χ0) is 16.0. The molecule has 1 rings (SSSR count). The van der Waals surface area contributed by atoms with Gasteiger partial charge in [-0.05, 0) is 26.0 Å². The van der Waals surface area contributed by atoms with Crippen molar-refractivity contribution >= 4 is 17.3 Å². The van der Waals surface area contributed by atoms with Gasteiger partial charge in [-0.25, -0.2) is 4.79 Å². The number of hydrogen-bond donors (Lipinski definition) is 2. The van der Waals surface area contributed by atoms with Gasteiger partial charge in [0.25, 0.3) is 0 Å². The van der Waals surface area contributed by atoms with Crippen molar-refractivity contribution in [3.05, 3.63) is 28.3 Å². The number of benzene rings is 1. The number of nitro benzene ring substituents is 1. The van der Waals surface area contributed by atoms with Crippen molar-refractivity contribution in [2.75, 3.05) is 5.32 Å². The molecule has 0 saturated heterocycles. The number of terminal acetylenes is 1. The van der Waals surface area contributed by atoms with Gasteiger partial charge in [0.15, 0.2) is 5.75 Å². The van der Waals surface area contributed by atoms with E-state index in [1.54, 1.807) is 19.9 Å². The lowest BCUT2D eigenvalue weighted by Gasteiger charge is -2.16. The number of aliphatic carboxylic acids is 1. The number of hydrogen-bond acceptors (Lipinski definition) is 5. The van der Waals surface area contributed by atoms with Crippen LogP contribution in [0.5, 0.6) is 5.75 Å². The molecular formula is C14H16N2O5. The van der Waals surface area contributed by atoms with Crippen molar-refractivity contribution in [1.82, 2.24) is 0 Å². The summed E-state index contributed by atoms with van der Waals surface area (Å²) >= 11 is 0. The fourth-order valence-electron chi connectivity index (χ4n) is 1.68. The van der Waals surface area contributed by atoms with E-state index in [9.17, 15) is 14.9 Å². The van der Waals surface area contributed by atoms with Crippen molar-refractivity contribution in [2.24, 2.45) is 0 Å². The molecule has 0 bridgehead atoms. The van der Waals surface area contributed by atoms with Gasteiger partial charge in [-0.2, -0.15) is 0 Å². The SMILES string of the molecule is C#CCC(Nc1cccc(OC(C)C)c1[N+](=O)[O-])C(=O)O. The average molecular weight is 292 g/mol. The van der Waals surface area contributed by atoms with Crippen LogP contribution in [0.3, 0.4) is 0 Å². The summed E-state index contributed by atoms with van der Waals surface area (Å²) in [5.74, 6) is 1.11. The molecule has 0 aliphatic rings. The third-order valence-corrected chi connectivity index (χ3v) is 2.49. The molecule has 0 aliphatic heterocycles. The first-order chi connectivity index (χ1) is 9.86. The number of carboxylic acid groups (broad SMARTS) is 1. The largest absolute Gasteiger partial charge is 0.484 e. The number of nitrogens with zero attached hydrogens (tertiary/aromatic N) is 1. The highest BCUT2D eigenvalue weighted by Crippen LogP contribution is 2.35. The fraction of sp³-hybridized carbons (Fsp3) is 0.357. The number of anilines is 1. The number of rotatable bonds is 7. The Morgan fingerprint density at radius 2 is 2.24 bits per heavy atom. The molecule has 0 fully saturated rings. The molecule has 0 amide bonds. The predicted octanol–water partition coefficient (Wildman–Crippen LogP) is 2.27. The van der Waals surface area contributed by atoms with E-state index in [1.807, 2.05) is 0 Å². The minimum absolute atomic E-state index is 0.0563. The first kappa shape index (κ1) is 16.3. The lowest BCUT2D eigenvalue weighted by atomic mass is 10.1. The van der Waals surface area contributed by atoms with Crippen LogP contribution in [0, 0.1) is 22.5 Å². The van der Waals surface area contributed by atoms with Gasteiger partial charge in [0.05, 0.1) is 11.0 Å². The molecule has 0 aromatic heterocycles. The van der Waals surface area contributed by atoms with Crippen LogP contribution in [0.4, 0.5) is 11.4 Å². The van der Waals surface area contributed by atoms with Crippen LogP contribution >= 0.6 is 0 Å². The second-order valence-electron chi connectivity index (χ2n) is 4.52. The number of nitrogens with one attached hydrogen (secondary N) is 1. The molecule has 1 aromatic rings. The molecule has 1 aromatic carbocycles. The first-order valence-corrected chi connectivity index (χ1v) is 6.23. The lowest BCUT2D eigenvalue weighted by molar-refractivity contribution is -0.385. The first-order valence-electron chi connectivity index (χ1n) is 6.23. The van der Waals surface area contributed by atoms with Crippen LogP contribution in [0.25, 0.3) is 0 Å². The summed E-state index contributed by atoms with van der Waals surface area (Å²) < 4.78 is 5.38. The molecule has 1 atom stereocenters. The molecule has 7 nitrogen and oxygen atoms in total. The maximum absolute atomic E-state index is 11.2. The quantitative estimate of drug-likeness (QED) is 0.454. The Labute approximate surface area is 122 Å². The maximum atomic E-state index is 11.2. The van der Waals surface area contributed by atoms with Crippen molar-refractivity contribution in [3.63, 3.8) is 0 Å². The van der Waals surface area contributed by atoms with Crippen LogP contribution in [0.2, 0.25) is 0 Å². The van der Waals surface area contributed by atoms with E-state index in [4.69, 9.17) is 16.3 Å². The van der Waals surface area contributed by atoms with Crippen LogP contribution in [-0.4, -0.2) is 28.1 Å². The number of para-hydroxylation sites is 1. The second-order valence-corrected chi connectivity index (χ2v) is 4.52. The summed E-state index contributed by atoms with van der Waals surface area (Å²) in [6.07, 6.45) is 4.76. The van der Waals surface area contributed by atoms with Crippen molar-refractivity contribution in [3.8, 4) is 18.1 Å². The monoisotopic (exact) mass is 292 g/mol. The van der Waals surface area contributed by atoms with Gasteiger partial charge in [0, 0.05) is 6.42 Å². The van der Waals surface area contributed by atoms with Crippen LogP contribution < -0.4 is 10.1 Å². The fourth-order valence-corrected chi connectivity index (χ4v) is 1.68. The van der Waals surface area contributed by atoms with E-state index in [-0.39, 0.29) is 29.6 Å². The molecule has 0 saturated carbocycles. The minimum atomic E-state index is -1.18. The highest BCUT2D eigenvalue weighted by Gasteiger charge is 2.25. The predicted molar refractivity (Wildman–Crippen MR) is 77.4 cm³/mol. The molecule has 0 heterocycles. The molecule has 0 aliphatic carbocycles. The number of carbonyl (C=O) groups is 1. The Bertz CT molecular complexity index is 577. The number of ether oxygens (including phenoxy) is 1. The smallest absolute Gasteiger partial charge is 0.333 e. The molecule has 7 heteroatoms. The maximum Gasteiger partial charge on any atom is 0.333 e. The molecule has 0 spiro atoms. The summed E-state index contributed by atoms with van der Waals surface area (Å²) in [5, 5.41) is 22.9. The van der Waals surface area contributed by atoms with E-state index < -0.39 is 16.9 Å². The van der Waals surface area contributed by atoms with E-state index in [2.05, 4.69) is 11.2 Å². The Morgan fingerprint density at radius 3 is 2.71 bits per heavy atom. The zero-order valence-electron chi connectivity index (χ0n) is 11.7. The molecule has 1 unspecified atom stereocenters. The molecule has 2 N–H and O–H groups in total. The average Bonchev–Trinajstić information content (AvgIpc) is 2.37. The Morgan fingerprint density at radius 1 is 1.57 bits per heavy atom. The van der Waals surface area contributed by atoms with Crippen molar-refractivity contribution in [2.45, 2.75) is 32.4 Å². The summed E-state index contributed by atoms with van der Waals surface area (Å²) in [6, 6.07) is 3.31. The molecular weight excluding hydrogens is 276 g/mol. The highest BCUT2D eigenvalue weighted by atomic mass is 16.6. The summed E-state index contributed by atoms with van der Waals surface area (Å²) in [7, 11) is 0. The third-order valence-electron chi connectivity index (χ3n) is 2.49. The van der Waals surface area contributed by atoms with Gasteiger partial charge in [-0.1, -0.05) is 6.07 Å². The number of nitro groups is 1. The van der Waals surface area contributed by atoms with Gasteiger partial charge in [0.1, 0.15) is 11.7 Å². The van der Waals surface area contributed by atoms with Gasteiger partial charge >= 0.3 is 11.7 Å². The zero-order valence-corrected chi connectivity index (χ0v) is 11.7. The molecule has 21 heavy (non-hydrogen) atoms. The van der Waals surface area contributed by atoms with E-state index >= 15 is 0 Å². The summed E-state index contributed by atoms with van der Waals surface area (Å²) in [6.45, 7) is 3.48. The number of carboxylic acids is 1. The van der Waals surface area contributed by atoms with Gasteiger partial charge in [-0.15, -0.1) is 12.3 Å². The van der Waals surface area contributed by atoms with Crippen molar-refractivity contribution < 1.29 is 19.6 Å². The van der Waals surface area contributed by atoms with E-state index in [1.165, 1.54) is 12.1 Å². The van der Waals surface area contributed by atoms with Gasteiger partial charge in [-0.3, -0.25) is 10.1 Å². The van der Waals surface area contributed by atoms with Crippen LogP contribution in [-0.2, 0) is 4.79 Å². The minimum Gasteiger partial charge on any atom is -0.484 e. The Balaban J connectivity index is 3.20.